The molecule has 2 aliphatic carbocycles. The lowest BCUT2D eigenvalue weighted by molar-refractivity contribution is -0.385. The summed E-state index contributed by atoms with van der Waals surface area (Å²) >= 11 is 5.92. The number of nitro groups is 1. The zero-order valence-electron chi connectivity index (χ0n) is 14.6. The van der Waals surface area contributed by atoms with Crippen molar-refractivity contribution in [2.45, 2.75) is 13.3 Å². The van der Waals surface area contributed by atoms with Crippen LogP contribution in [-0.4, -0.2) is 33.9 Å². The first-order chi connectivity index (χ1) is 13.3. The molecule has 0 spiro atoms. The van der Waals surface area contributed by atoms with Crippen LogP contribution in [0.4, 0.5) is 5.69 Å². The summed E-state index contributed by atoms with van der Waals surface area (Å²) in [6.07, 6.45) is 5.79. The Morgan fingerprint density at radius 1 is 1.29 bits per heavy atom. The molecule has 28 heavy (non-hydrogen) atoms. The SMILES string of the molecule is CC(=O)Oc1c(C=NN2C(=O)[C@@H]3[C@H](C2=O)[C@H]2C=C[C@H]3C2)cc(Cl)cc1[N+](=O)[O-]. The van der Waals surface area contributed by atoms with Crippen LogP contribution < -0.4 is 4.74 Å². The predicted molar refractivity (Wildman–Crippen MR) is 96.6 cm³/mol. The van der Waals surface area contributed by atoms with Crippen LogP contribution in [0.25, 0.3) is 0 Å². The van der Waals surface area contributed by atoms with Crippen LogP contribution >= 0.6 is 11.6 Å². The second-order valence-electron chi connectivity index (χ2n) is 6.93. The third-order valence-corrected chi connectivity index (χ3v) is 5.48. The summed E-state index contributed by atoms with van der Waals surface area (Å²) in [5, 5.41) is 16.0. The second kappa shape index (κ2) is 6.52. The molecular formula is C18H14ClN3O6. The topological polar surface area (TPSA) is 119 Å². The van der Waals surface area contributed by atoms with Crippen LogP contribution in [0.1, 0.15) is 18.9 Å². The van der Waals surface area contributed by atoms with Gasteiger partial charge in [0.2, 0.25) is 5.75 Å². The van der Waals surface area contributed by atoms with E-state index in [1.54, 1.807) is 0 Å². The van der Waals surface area contributed by atoms with Crippen molar-refractivity contribution in [3.8, 4) is 5.75 Å². The fraction of sp³-hybridized carbons (Fsp3) is 0.333. The van der Waals surface area contributed by atoms with E-state index in [4.69, 9.17) is 16.3 Å². The van der Waals surface area contributed by atoms with Gasteiger partial charge in [-0.1, -0.05) is 23.8 Å². The number of allylic oxidation sites excluding steroid dienone is 2. The number of hydrogen-bond donors (Lipinski definition) is 0. The fourth-order valence-electron chi connectivity index (χ4n) is 4.21. The predicted octanol–water partition coefficient (Wildman–Crippen LogP) is 2.31. The number of benzene rings is 1. The van der Waals surface area contributed by atoms with Crippen molar-refractivity contribution in [1.29, 1.82) is 0 Å². The molecule has 2 fully saturated rings. The molecule has 4 rings (SSSR count). The van der Waals surface area contributed by atoms with Gasteiger partial charge in [-0.2, -0.15) is 10.1 Å². The summed E-state index contributed by atoms with van der Waals surface area (Å²) in [7, 11) is 0. The summed E-state index contributed by atoms with van der Waals surface area (Å²) in [5.74, 6) is -2.67. The second-order valence-corrected chi connectivity index (χ2v) is 7.36. The van der Waals surface area contributed by atoms with Gasteiger partial charge in [0.25, 0.3) is 11.8 Å². The minimum atomic E-state index is -0.773. The van der Waals surface area contributed by atoms with E-state index >= 15 is 0 Å². The fourth-order valence-corrected chi connectivity index (χ4v) is 4.43. The Kier molecular flexibility index (Phi) is 4.26. The number of fused-ring (bicyclic) bond motifs is 5. The maximum absolute atomic E-state index is 12.7. The Morgan fingerprint density at radius 3 is 2.43 bits per heavy atom. The molecule has 10 heteroatoms. The monoisotopic (exact) mass is 403 g/mol. The van der Waals surface area contributed by atoms with Crippen LogP contribution in [0, 0.1) is 33.8 Å². The lowest BCUT2D eigenvalue weighted by Gasteiger charge is -2.13. The highest BCUT2D eigenvalue weighted by atomic mass is 35.5. The Hall–Kier alpha value is -3.07. The van der Waals surface area contributed by atoms with E-state index in [9.17, 15) is 24.5 Å². The maximum atomic E-state index is 12.7. The van der Waals surface area contributed by atoms with Crippen molar-refractivity contribution in [2.24, 2.45) is 28.8 Å². The van der Waals surface area contributed by atoms with E-state index in [0.29, 0.717) is 0 Å². The van der Waals surface area contributed by atoms with E-state index < -0.39 is 40.2 Å². The van der Waals surface area contributed by atoms with Gasteiger partial charge in [0, 0.05) is 23.6 Å². The van der Waals surface area contributed by atoms with Gasteiger partial charge in [0.1, 0.15) is 0 Å². The zero-order valence-corrected chi connectivity index (χ0v) is 15.3. The number of imide groups is 1. The average molecular weight is 404 g/mol. The largest absolute Gasteiger partial charge is 0.419 e. The first-order valence-electron chi connectivity index (χ1n) is 8.54. The highest BCUT2D eigenvalue weighted by molar-refractivity contribution is 6.31. The molecule has 2 bridgehead atoms. The van der Waals surface area contributed by atoms with Crippen molar-refractivity contribution in [2.75, 3.05) is 0 Å². The maximum Gasteiger partial charge on any atom is 0.313 e. The van der Waals surface area contributed by atoms with Crippen LogP contribution in [-0.2, 0) is 14.4 Å². The van der Waals surface area contributed by atoms with Gasteiger partial charge in [0.05, 0.1) is 23.0 Å². The van der Waals surface area contributed by atoms with Crippen LogP contribution in [0.5, 0.6) is 5.75 Å². The normalized spacial score (nSPS) is 27.7. The van der Waals surface area contributed by atoms with E-state index in [0.717, 1.165) is 30.6 Å². The smallest absolute Gasteiger partial charge is 0.313 e. The van der Waals surface area contributed by atoms with E-state index in [1.807, 2.05) is 12.2 Å². The molecule has 0 aromatic heterocycles. The number of hydrazone groups is 1. The molecule has 3 aliphatic rings. The van der Waals surface area contributed by atoms with Crippen LogP contribution in [0.3, 0.4) is 0 Å². The number of nitrogens with zero attached hydrogens (tertiary/aromatic N) is 3. The molecular weight excluding hydrogens is 390 g/mol. The van der Waals surface area contributed by atoms with Gasteiger partial charge in [-0.25, -0.2) is 0 Å². The quantitative estimate of drug-likeness (QED) is 0.145. The number of rotatable bonds is 4. The molecule has 1 saturated carbocycles. The summed E-state index contributed by atoms with van der Waals surface area (Å²) < 4.78 is 4.95. The van der Waals surface area contributed by atoms with Crippen molar-refractivity contribution in [1.82, 2.24) is 5.01 Å². The molecule has 1 aliphatic heterocycles. The summed E-state index contributed by atoms with van der Waals surface area (Å²) in [4.78, 5) is 47.2. The van der Waals surface area contributed by atoms with E-state index in [2.05, 4.69) is 5.10 Å². The minimum absolute atomic E-state index is 0.00755. The highest BCUT2D eigenvalue weighted by Gasteiger charge is 2.59. The van der Waals surface area contributed by atoms with Gasteiger partial charge >= 0.3 is 11.7 Å². The Morgan fingerprint density at radius 2 is 1.89 bits per heavy atom. The highest BCUT2D eigenvalue weighted by Crippen LogP contribution is 2.52. The Balaban J connectivity index is 1.68. The van der Waals surface area contributed by atoms with Crippen molar-refractivity contribution in [3.63, 3.8) is 0 Å². The molecule has 1 heterocycles. The number of esters is 1. The van der Waals surface area contributed by atoms with Crippen molar-refractivity contribution in [3.05, 3.63) is 45.0 Å². The number of amides is 2. The van der Waals surface area contributed by atoms with Gasteiger partial charge in [-0.3, -0.25) is 24.5 Å². The minimum Gasteiger partial charge on any atom is -0.419 e. The lowest BCUT2D eigenvalue weighted by Crippen LogP contribution is -2.28. The van der Waals surface area contributed by atoms with Gasteiger partial charge in [0.15, 0.2) is 0 Å². The molecule has 1 aromatic carbocycles. The molecule has 1 saturated heterocycles. The zero-order chi connectivity index (χ0) is 20.2. The third-order valence-electron chi connectivity index (χ3n) is 5.26. The first kappa shape index (κ1) is 18.3. The number of nitro benzene ring substituents is 1. The van der Waals surface area contributed by atoms with E-state index in [-0.39, 0.29) is 28.2 Å². The van der Waals surface area contributed by atoms with Gasteiger partial charge in [-0.15, -0.1) is 0 Å². The van der Waals surface area contributed by atoms with E-state index in [1.165, 1.54) is 6.07 Å². The molecule has 0 N–H and O–H groups in total. The van der Waals surface area contributed by atoms with Crippen LogP contribution in [0.2, 0.25) is 5.02 Å². The summed E-state index contributed by atoms with van der Waals surface area (Å²) in [6, 6.07) is 2.34. The molecule has 4 atom stereocenters. The molecule has 0 unspecified atom stereocenters. The van der Waals surface area contributed by atoms with Gasteiger partial charge < -0.3 is 4.74 Å². The molecule has 1 aromatic rings. The van der Waals surface area contributed by atoms with Crippen molar-refractivity contribution < 1.29 is 24.0 Å². The Labute approximate surface area is 163 Å². The number of halogens is 1. The summed E-state index contributed by atoms with van der Waals surface area (Å²) in [6.45, 7) is 1.09. The first-order valence-corrected chi connectivity index (χ1v) is 8.92. The summed E-state index contributed by atoms with van der Waals surface area (Å²) in [5.41, 5.74) is -0.518. The number of hydrogen-bond acceptors (Lipinski definition) is 7. The van der Waals surface area contributed by atoms with Crippen LogP contribution in [0.15, 0.2) is 29.4 Å². The molecule has 9 nitrogen and oxygen atoms in total. The third kappa shape index (κ3) is 2.78. The lowest BCUT2D eigenvalue weighted by atomic mass is 9.85. The van der Waals surface area contributed by atoms with Crippen molar-refractivity contribution >= 4 is 41.3 Å². The molecule has 0 radical (unpaired) electrons. The molecule has 144 valence electrons. The van der Waals surface area contributed by atoms with Gasteiger partial charge in [-0.05, 0) is 24.3 Å². The Bertz CT molecular complexity index is 958. The standard InChI is InChI=1S/C18H14ClN3O6/c1-8(23)28-16-11(5-12(19)6-13(16)22(26)27)7-20-21-17(24)14-9-2-3-10(4-9)15(14)18(21)25/h2-3,5-7,9-10,14-15H,4H2,1H3/t9-,10-,14-,15+/m0/s1. The number of ether oxygens (including phenoxy) is 1. The number of carbonyl (C=O) groups is 3. The number of carbonyl (C=O) groups excluding carboxylic acids is 3. The molecule has 2 amide bonds. The average Bonchev–Trinajstić information content (AvgIpc) is 3.29.